The van der Waals surface area contributed by atoms with Crippen LogP contribution in [0.3, 0.4) is 0 Å². The van der Waals surface area contributed by atoms with E-state index in [1.807, 2.05) is 6.92 Å². The number of nitrogens with one attached hydrogen (secondary N) is 1. The summed E-state index contributed by atoms with van der Waals surface area (Å²) in [6.45, 7) is 2.82. The number of rotatable bonds is 4. The van der Waals surface area contributed by atoms with Crippen molar-refractivity contribution in [3.63, 3.8) is 0 Å². The van der Waals surface area contributed by atoms with E-state index in [9.17, 15) is 14.7 Å². The molecule has 6 nitrogen and oxygen atoms in total. The van der Waals surface area contributed by atoms with Crippen LogP contribution in [0.15, 0.2) is 0 Å². The van der Waals surface area contributed by atoms with E-state index >= 15 is 0 Å². The molecule has 1 aliphatic carbocycles. The number of nitrogens with zero attached hydrogens (tertiary/aromatic N) is 1. The molecule has 2 N–H and O–H groups in total. The Morgan fingerprint density at radius 3 is 2.84 bits per heavy atom. The fraction of sp³-hybridized carbons (Fsp3) is 0.846. The molecule has 4 unspecified atom stereocenters. The standard InChI is InChI=1S/C13H22N2O4/c1-8(19-2)6-14-13(18)15-7-9-4-3-5-10(9)11(15)12(16)17/h8-11H,3-7H2,1-2H3,(H,14,18)(H,16,17). The first-order valence-electron chi connectivity index (χ1n) is 6.84. The van der Waals surface area contributed by atoms with Crippen molar-refractivity contribution < 1.29 is 19.4 Å². The van der Waals surface area contributed by atoms with Gasteiger partial charge < -0.3 is 20.1 Å². The first-order valence-corrected chi connectivity index (χ1v) is 6.84. The van der Waals surface area contributed by atoms with Gasteiger partial charge in [-0.1, -0.05) is 6.42 Å². The van der Waals surface area contributed by atoms with Crippen LogP contribution < -0.4 is 5.32 Å². The number of likely N-dealkylation sites (tertiary alicyclic amines) is 1. The van der Waals surface area contributed by atoms with Gasteiger partial charge in [0.2, 0.25) is 0 Å². The van der Waals surface area contributed by atoms with Gasteiger partial charge in [0.1, 0.15) is 6.04 Å². The minimum atomic E-state index is -0.885. The Labute approximate surface area is 113 Å². The van der Waals surface area contributed by atoms with Crippen molar-refractivity contribution in [1.82, 2.24) is 10.2 Å². The normalized spacial score (nSPS) is 31.1. The van der Waals surface area contributed by atoms with Crippen LogP contribution in [-0.4, -0.2) is 54.4 Å². The van der Waals surface area contributed by atoms with Crippen LogP contribution in [0.4, 0.5) is 4.79 Å². The fourth-order valence-electron chi connectivity index (χ4n) is 3.25. The maximum atomic E-state index is 12.1. The Balaban J connectivity index is 1.98. The molecule has 0 radical (unpaired) electrons. The summed E-state index contributed by atoms with van der Waals surface area (Å²) < 4.78 is 5.06. The molecule has 1 saturated carbocycles. The summed E-state index contributed by atoms with van der Waals surface area (Å²) in [4.78, 5) is 25.0. The highest BCUT2D eigenvalue weighted by molar-refractivity contribution is 5.83. The van der Waals surface area contributed by atoms with E-state index in [1.54, 1.807) is 7.11 Å². The van der Waals surface area contributed by atoms with Crippen molar-refractivity contribution in [1.29, 1.82) is 0 Å². The smallest absolute Gasteiger partial charge is 0.326 e. The molecule has 2 aliphatic rings. The molecule has 2 rings (SSSR count). The highest BCUT2D eigenvalue weighted by atomic mass is 16.5. The lowest BCUT2D eigenvalue weighted by Gasteiger charge is -2.25. The summed E-state index contributed by atoms with van der Waals surface area (Å²) in [5.74, 6) is -0.404. The molecule has 1 saturated heterocycles. The van der Waals surface area contributed by atoms with Crippen LogP contribution in [0, 0.1) is 11.8 Å². The fourth-order valence-corrected chi connectivity index (χ4v) is 3.25. The third-order valence-electron chi connectivity index (χ3n) is 4.35. The number of fused-ring (bicyclic) bond motifs is 1. The van der Waals surface area contributed by atoms with E-state index in [4.69, 9.17) is 4.74 Å². The number of aliphatic carboxylic acids is 1. The highest BCUT2D eigenvalue weighted by Crippen LogP contribution is 2.42. The second-order valence-corrected chi connectivity index (χ2v) is 5.52. The van der Waals surface area contributed by atoms with Gasteiger partial charge in [-0.2, -0.15) is 0 Å². The lowest BCUT2D eigenvalue weighted by atomic mass is 9.94. The minimum absolute atomic E-state index is 0.0747. The molecule has 0 spiro atoms. The van der Waals surface area contributed by atoms with Crippen LogP contribution in [0.5, 0.6) is 0 Å². The molecular weight excluding hydrogens is 248 g/mol. The zero-order chi connectivity index (χ0) is 14.0. The number of amides is 2. The Morgan fingerprint density at radius 2 is 2.21 bits per heavy atom. The second kappa shape index (κ2) is 5.77. The molecular formula is C13H22N2O4. The van der Waals surface area contributed by atoms with Gasteiger partial charge >= 0.3 is 12.0 Å². The Kier molecular flexibility index (Phi) is 4.29. The Morgan fingerprint density at radius 1 is 1.47 bits per heavy atom. The number of hydrogen-bond acceptors (Lipinski definition) is 3. The average molecular weight is 270 g/mol. The molecule has 0 aromatic carbocycles. The molecule has 6 heteroatoms. The average Bonchev–Trinajstić information content (AvgIpc) is 2.94. The Hall–Kier alpha value is -1.30. The summed E-state index contributed by atoms with van der Waals surface area (Å²) >= 11 is 0. The van der Waals surface area contributed by atoms with Crippen LogP contribution in [0.1, 0.15) is 26.2 Å². The van der Waals surface area contributed by atoms with Gasteiger partial charge in [0.15, 0.2) is 0 Å². The molecule has 19 heavy (non-hydrogen) atoms. The topological polar surface area (TPSA) is 78.9 Å². The molecule has 108 valence electrons. The van der Waals surface area contributed by atoms with Gasteiger partial charge in [0.25, 0.3) is 0 Å². The molecule has 1 aliphatic heterocycles. The summed E-state index contributed by atoms with van der Waals surface area (Å²) in [5.41, 5.74) is 0. The minimum Gasteiger partial charge on any atom is -0.480 e. The van der Waals surface area contributed by atoms with Crippen molar-refractivity contribution in [2.24, 2.45) is 11.8 Å². The summed E-state index contributed by atoms with van der Waals surface area (Å²) in [5, 5.41) is 12.1. The van der Waals surface area contributed by atoms with Crippen molar-refractivity contribution >= 4 is 12.0 Å². The third kappa shape index (κ3) is 2.83. The van der Waals surface area contributed by atoms with Gasteiger partial charge in [0.05, 0.1) is 6.10 Å². The molecule has 2 amide bonds. The maximum absolute atomic E-state index is 12.1. The van der Waals surface area contributed by atoms with Crippen molar-refractivity contribution in [3.05, 3.63) is 0 Å². The SMILES string of the molecule is COC(C)CNC(=O)N1CC2CCCC2C1C(=O)O. The molecule has 0 bridgehead atoms. The van der Waals surface area contributed by atoms with E-state index in [2.05, 4.69) is 5.32 Å². The third-order valence-corrected chi connectivity index (χ3v) is 4.35. The number of carboxylic acid groups (broad SMARTS) is 1. The summed E-state index contributed by atoms with van der Waals surface area (Å²) in [6.07, 6.45) is 2.95. The van der Waals surface area contributed by atoms with E-state index in [0.717, 1.165) is 19.3 Å². The van der Waals surface area contributed by atoms with Gasteiger partial charge in [-0.25, -0.2) is 9.59 Å². The van der Waals surface area contributed by atoms with Crippen molar-refractivity contribution in [2.45, 2.75) is 38.3 Å². The van der Waals surface area contributed by atoms with Gasteiger partial charge in [-0.15, -0.1) is 0 Å². The van der Waals surface area contributed by atoms with E-state index in [1.165, 1.54) is 4.90 Å². The molecule has 0 aromatic rings. The number of methoxy groups -OCH3 is 1. The van der Waals surface area contributed by atoms with Gasteiger partial charge in [0, 0.05) is 20.2 Å². The van der Waals surface area contributed by atoms with E-state index in [0.29, 0.717) is 19.0 Å². The predicted octanol–water partition coefficient (Wildman–Crippen LogP) is 0.916. The van der Waals surface area contributed by atoms with Gasteiger partial charge in [-0.05, 0) is 31.6 Å². The lowest BCUT2D eigenvalue weighted by Crippen LogP contribution is -2.49. The Bertz CT molecular complexity index is 361. The zero-order valence-corrected chi connectivity index (χ0v) is 11.5. The monoisotopic (exact) mass is 270 g/mol. The lowest BCUT2D eigenvalue weighted by molar-refractivity contribution is -0.142. The largest absolute Gasteiger partial charge is 0.480 e. The number of hydrogen-bond donors (Lipinski definition) is 2. The second-order valence-electron chi connectivity index (χ2n) is 5.52. The first kappa shape index (κ1) is 14.1. The van der Waals surface area contributed by atoms with Crippen LogP contribution in [0.25, 0.3) is 0 Å². The quantitative estimate of drug-likeness (QED) is 0.796. The number of urea groups is 1. The van der Waals surface area contributed by atoms with Gasteiger partial charge in [-0.3, -0.25) is 0 Å². The number of carboxylic acids is 1. The maximum Gasteiger partial charge on any atom is 0.326 e. The number of carbonyl (C=O) groups is 2. The summed E-state index contributed by atoms with van der Waals surface area (Å²) in [7, 11) is 1.58. The van der Waals surface area contributed by atoms with Crippen molar-refractivity contribution in [3.8, 4) is 0 Å². The molecule has 1 heterocycles. The molecule has 2 fully saturated rings. The molecule has 4 atom stereocenters. The first-order chi connectivity index (χ1) is 9.04. The number of ether oxygens (including phenoxy) is 1. The van der Waals surface area contributed by atoms with Crippen LogP contribution in [-0.2, 0) is 9.53 Å². The molecule has 0 aromatic heterocycles. The number of carbonyl (C=O) groups excluding carboxylic acids is 1. The van der Waals surface area contributed by atoms with E-state index < -0.39 is 12.0 Å². The summed E-state index contributed by atoms with van der Waals surface area (Å²) in [6, 6.07) is -0.948. The van der Waals surface area contributed by atoms with Crippen LogP contribution >= 0.6 is 0 Å². The van der Waals surface area contributed by atoms with Crippen molar-refractivity contribution in [2.75, 3.05) is 20.2 Å². The van der Waals surface area contributed by atoms with E-state index in [-0.39, 0.29) is 18.1 Å². The highest BCUT2D eigenvalue weighted by Gasteiger charge is 2.49. The van der Waals surface area contributed by atoms with Crippen LogP contribution in [0.2, 0.25) is 0 Å². The predicted molar refractivity (Wildman–Crippen MR) is 68.8 cm³/mol. The zero-order valence-electron chi connectivity index (χ0n) is 11.5.